The van der Waals surface area contributed by atoms with E-state index in [4.69, 9.17) is 4.74 Å². The van der Waals surface area contributed by atoms with E-state index < -0.39 is 0 Å². The average Bonchev–Trinajstić information content (AvgIpc) is 2.93. The van der Waals surface area contributed by atoms with E-state index in [2.05, 4.69) is 25.9 Å². The van der Waals surface area contributed by atoms with Gasteiger partial charge in [-0.15, -0.1) is 0 Å². The number of nitrogens with zero attached hydrogens (tertiary/aromatic N) is 2. The largest absolute Gasteiger partial charge is 0.474 e. The molecule has 2 aliphatic carbocycles. The monoisotopic (exact) mass is 268 g/mol. The van der Waals surface area contributed by atoms with Crippen molar-refractivity contribution in [1.29, 1.82) is 0 Å². The summed E-state index contributed by atoms with van der Waals surface area (Å²) in [7, 11) is 0. The van der Waals surface area contributed by atoms with E-state index in [1.54, 1.807) is 0 Å². The zero-order chi connectivity index (χ0) is 10.3. The van der Waals surface area contributed by atoms with Gasteiger partial charge in [-0.25, -0.2) is 4.98 Å². The van der Waals surface area contributed by atoms with Gasteiger partial charge in [0.25, 0.3) is 0 Å². The van der Waals surface area contributed by atoms with E-state index in [9.17, 15) is 0 Å². The Morgan fingerprint density at radius 3 is 2.60 bits per heavy atom. The SMILES string of the molecule is Brc1cc(OC2CCC2)nc(C2CC2)n1. The quantitative estimate of drug-likeness (QED) is 0.791. The fourth-order valence-corrected chi connectivity index (χ4v) is 2.04. The molecule has 0 aliphatic heterocycles. The highest BCUT2D eigenvalue weighted by molar-refractivity contribution is 9.10. The second kappa shape index (κ2) is 3.74. The maximum absolute atomic E-state index is 5.77. The summed E-state index contributed by atoms with van der Waals surface area (Å²) >= 11 is 3.41. The molecule has 2 fully saturated rings. The van der Waals surface area contributed by atoms with Crippen molar-refractivity contribution in [3.05, 3.63) is 16.5 Å². The van der Waals surface area contributed by atoms with Crippen LogP contribution in [0.5, 0.6) is 5.88 Å². The molecule has 4 heteroatoms. The Hall–Kier alpha value is -0.640. The maximum atomic E-state index is 5.77. The summed E-state index contributed by atoms with van der Waals surface area (Å²) in [6.45, 7) is 0. The minimum atomic E-state index is 0.388. The molecule has 0 unspecified atom stereocenters. The van der Waals surface area contributed by atoms with Crippen LogP contribution in [0.2, 0.25) is 0 Å². The topological polar surface area (TPSA) is 35.0 Å². The molecule has 1 aromatic rings. The zero-order valence-electron chi connectivity index (χ0n) is 8.45. The standard InChI is InChI=1S/C11H13BrN2O/c12-9-6-10(15-8-2-1-3-8)14-11(13-9)7-4-5-7/h6-8H,1-5H2. The highest BCUT2D eigenvalue weighted by Gasteiger charge is 2.28. The van der Waals surface area contributed by atoms with Crippen LogP contribution in [0.15, 0.2) is 10.7 Å². The predicted molar refractivity (Wildman–Crippen MR) is 60.0 cm³/mol. The molecule has 0 bridgehead atoms. The molecular formula is C11H13BrN2O. The van der Waals surface area contributed by atoms with Gasteiger partial charge in [-0.1, -0.05) is 0 Å². The molecule has 0 radical (unpaired) electrons. The van der Waals surface area contributed by atoms with Crippen molar-refractivity contribution in [3.63, 3.8) is 0 Å². The molecule has 0 spiro atoms. The molecule has 0 N–H and O–H groups in total. The molecule has 1 heterocycles. The second-order valence-electron chi connectivity index (χ2n) is 4.33. The summed E-state index contributed by atoms with van der Waals surface area (Å²) in [5.74, 6) is 2.26. The van der Waals surface area contributed by atoms with Crippen molar-refractivity contribution in [2.45, 2.75) is 44.1 Å². The lowest BCUT2D eigenvalue weighted by Crippen LogP contribution is -2.25. The van der Waals surface area contributed by atoms with Gasteiger partial charge in [0.15, 0.2) is 0 Å². The Morgan fingerprint density at radius 1 is 1.20 bits per heavy atom. The van der Waals surface area contributed by atoms with Gasteiger partial charge in [0.05, 0.1) is 0 Å². The summed E-state index contributed by atoms with van der Waals surface area (Å²) in [5.41, 5.74) is 0. The van der Waals surface area contributed by atoms with Crippen LogP contribution in [0.4, 0.5) is 0 Å². The van der Waals surface area contributed by atoms with Crippen LogP contribution in [0.1, 0.15) is 43.8 Å². The van der Waals surface area contributed by atoms with Gasteiger partial charge in [0.2, 0.25) is 5.88 Å². The fraction of sp³-hybridized carbons (Fsp3) is 0.636. The molecular weight excluding hydrogens is 256 g/mol. The zero-order valence-corrected chi connectivity index (χ0v) is 10.0. The summed E-state index contributed by atoms with van der Waals surface area (Å²) in [5, 5.41) is 0. The van der Waals surface area contributed by atoms with Gasteiger partial charge in [-0.05, 0) is 48.0 Å². The molecule has 0 aromatic carbocycles. The minimum absolute atomic E-state index is 0.388. The van der Waals surface area contributed by atoms with Gasteiger partial charge in [-0.3, -0.25) is 0 Å². The van der Waals surface area contributed by atoms with E-state index in [1.807, 2.05) is 6.07 Å². The number of halogens is 1. The van der Waals surface area contributed by atoms with Crippen molar-refractivity contribution < 1.29 is 4.74 Å². The van der Waals surface area contributed by atoms with Crippen molar-refractivity contribution in [1.82, 2.24) is 9.97 Å². The molecule has 15 heavy (non-hydrogen) atoms. The Morgan fingerprint density at radius 2 is 2.00 bits per heavy atom. The lowest BCUT2D eigenvalue weighted by Gasteiger charge is -2.25. The third-order valence-corrected chi connectivity index (χ3v) is 3.38. The number of aromatic nitrogens is 2. The summed E-state index contributed by atoms with van der Waals surface area (Å²) < 4.78 is 6.61. The predicted octanol–water partition coefficient (Wildman–Crippen LogP) is 3.05. The van der Waals surface area contributed by atoms with E-state index in [0.717, 1.165) is 16.3 Å². The van der Waals surface area contributed by atoms with Crippen LogP contribution in [0, 0.1) is 0 Å². The Kier molecular flexibility index (Phi) is 2.39. The molecule has 0 atom stereocenters. The van der Waals surface area contributed by atoms with E-state index in [1.165, 1.54) is 32.1 Å². The van der Waals surface area contributed by atoms with Crippen LogP contribution < -0.4 is 4.74 Å². The van der Waals surface area contributed by atoms with Gasteiger partial charge in [0.1, 0.15) is 16.5 Å². The first-order chi connectivity index (χ1) is 7.31. The molecule has 3 nitrogen and oxygen atoms in total. The molecule has 1 aromatic heterocycles. The minimum Gasteiger partial charge on any atom is -0.474 e. The molecule has 2 aliphatic rings. The molecule has 80 valence electrons. The van der Waals surface area contributed by atoms with Crippen LogP contribution in [-0.4, -0.2) is 16.1 Å². The normalized spacial score (nSPS) is 21.1. The van der Waals surface area contributed by atoms with Gasteiger partial charge < -0.3 is 4.74 Å². The first-order valence-corrected chi connectivity index (χ1v) is 6.32. The number of rotatable bonds is 3. The van der Waals surface area contributed by atoms with Gasteiger partial charge >= 0.3 is 0 Å². The third kappa shape index (κ3) is 2.14. The Labute approximate surface area is 97.4 Å². The summed E-state index contributed by atoms with van der Waals surface area (Å²) in [6.07, 6.45) is 6.45. The van der Waals surface area contributed by atoms with Crippen molar-refractivity contribution in [3.8, 4) is 5.88 Å². The lowest BCUT2D eigenvalue weighted by molar-refractivity contribution is 0.114. The average molecular weight is 269 g/mol. The van der Waals surface area contributed by atoms with E-state index in [0.29, 0.717) is 12.0 Å². The van der Waals surface area contributed by atoms with Crippen LogP contribution in [0.3, 0.4) is 0 Å². The van der Waals surface area contributed by atoms with Gasteiger partial charge in [-0.2, -0.15) is 4.98 Å². The van der Waals surface area contributed by atoms with E-state index in [-0.39, 0.29) is 0 Å². The summed E-state index contributed by atoms with van der Waals surface area (Å²) in [6, 6.07) is 1.87. The molecule has 0 amide bonds. The van der Waals surface area contributed by atoms with E-state index >= 15 is 0 Å². The highest BCUT2D eigenvalue weighted by Crippen LogP contribution is 2.39. The number of ether oxygens (including phenoxy) is 1. The second-order valence-corrected chi connectivity index (χ2v) is 5.14. The number of hydrogen-bond acceptors (Lipinski definition) is 3. The molecule has 0 saturated heterocycles. The fourth-order valence-electron chi connectivity index (χ4n) is 1.66. The summed E-state index contributed by atoms with van der Waals surface area (Å²) in [4.78, 5) is 8.83. The maximum Gasteiger partial charge on any atom is 0.218 e. The first kappa shape index (κ1) is 9.58. The highest BCUT2D eigenvalue weighted by atomic mass is 79.9. The first-order valence-electron chi connectivity index (χ1n) is 5.52. The van der Waals surface area contributed by atoms with Crippen molar-refractivity contribution in [2.24, 2.45) is 0 Å². The Balaban J connectivity index is 1.79. The van der Waals surface area contributed by atoms with Gasteiger partial charge in [0, 0.05) is 12.0 Å². The Bertz CT molecular complexity index is 375. The third-order valence-electron chi connectivity index (χ3n) is 2.97. The number of hydrogen-bond donors (Lipinski definition) is 0. The smallest absolute Gasteiger partial charge is 0.218 e. The van der Waals surface area contributed by atoms with Crippen LogP contribution in [0.25, 0.3) is 0 Å². The molecule has 2 saturated carbocycles. The van der Waals surface area contributed by atoms with Crippen molar-refractivity contribution >= 4 is 15.9 Å². The van der Waals surface area contributed by atoms with Crippen molar-refractivity contribution in [2.75, 3.05) is 0 Å². The lowest BCUT2D eigenvalue weighted by atomic mass is 9.96. The molecule has 3 rings (SSSR count). The van der Waals surface area contributed by atoms with Crippen LogP contribution in [-0.2, 0) is 0 Å². The van der Waals surface area contributed by atoms with Crippen LogP contribution >= 0.6 is 15.9 Å².